The van der Waals surface area contributed by atoms with Gasteiger partial charge in [-0.1, -0.05) is 29.3 Å². The first-order valence-electron chi connectivity index (χ1n) is 5.26. The lowest BCUT2D eigenvalue weighted by Crippen LogP contribution is -2.08. The maximum Gasteiger partial charge on any atom is 0.0823 e. The molecule has 1 heterocycles. The number of aromatic nitrogens is 2. The van der Waals surface area contributed by atoms with E-state index in [0.29, 0.717) is 15.7 Å². The molecule has 0 spiro atoms. The Bertz CT molecular complexity index is 509. The van der Waals surface area contributed by atoms with Gasteiger partial charge in [-0.2, -0.15) is 5.10 Å². The van der Waals surface area contributed by atoms with Gasteiger partial charge in [0.2, 0.25) is 0 Å². The summed E-state index contributed by atoms with van der Waals surface area (Å²) in [5.74, 6) is 0. The molecule has 5 heteroatoms. The largest absolute Gasteiger partial charge is 0.396 e. The molecular formula is C12H13Cl2N3. The van der Waals surface area contributed by atoms with Gasteiger partial charge < -0.3 is 5.73 Å². The third kappa shape index (κ3) is 2.26. The highest BCUT2D eigenvalue weighted by molar-refractivity contribution is 6.36. The van der Waals surface area contributed by atoms with Gasteiger partial charge >= 0.3 is 0 Å². The van der Waals surface area contributed by atoms with E-state index >= 15 is 0 Å². The zero-order valence-corrected chi connectivity index (χ0v) is 11.1. The summed E-state index contributed by atoms with van der Waals surface area (Å²) >= 11 is 12.3. The standard InChI is InChI=1S/C12H13Cl2N3/c1-7-11(15)6-17(16-7)8(2)12-9(13)4-3-5-10(12)14/h3-6,8H,15H2,1-2H3. The van der Waals surface area contributed by atoms with Crippen LogP contribution in [0.5, 0.6) is 0 Å². The first-order chi connectivity index (χ1) is 8.00. The second kappa shape index (κ2) is 4.59. The number of aryl methyl sites for hydroxylation is 1. The van der Waals surface area contributed by atoms with Gasteiger partial charge in [-0.15, -0.1) is 0 Å². The summed E-state index contributed by atoms with van der Waals surface area (Å²) in [5.41, 5.74) is 8.12. The van der Waals surface area contributed by atoms with Crippen LogP contribution in [0.1, 0.15) is 24.2 Å². The second-order valence-corrected chi connectivity index (χ2v) is 4.78. The lowest BCUT2D eigenvalue weighted by Gasteiger charge is -2.15. The average molecular weight is 270 g/mol. The summed E-state index contributed by atoms with van der Waals surface area (Å²) < 4.78 is 1.78. The zero-order chi connectivity index (χ0) is 12.6. The highest BCUT2D eigenvalue weighted by Crippen LogP contribution is 2.32. The molecule has 17 heavy (non-hydrogen) atoms. The van der Waals surface area contributed by atoms with E-state index in [1.807, 2.05) is 32.0 Å². The number of benzene rings is 1. The second-order valence-electron chi connectivity index (χ2n) is 3.96. The maximum absolute atomic E-state index is 6.16. The van der Waals surface area contributed by atoms with Gasteiger partial charge in [0.05, 0.1) is 17.4 Å². The van der Waals surface area contributed by atoms with Crippen LogP contribution < -0.4 is 5.73 Å². The molecule has 1 atom stereocenters. The van der Waals surface area contributed by atoms with E-state index in [2.05, 4.69) is 5.10 Å². The van der Waals surface area contributed by atoms with Crippen molar-refractivity contribution in [3.05, 3.63) is 45.7 Å². The molecule has 0 aliphatic rings. The monoisotopic (exact) mass is 269 g/mol. The van der Waals surface area contributed by atoms with Crippen molar-refractivity contribution in [3.8, 4) is 0 Å². The van der Waals surface area contributed by atoms with Crippen LogP contribution in [0.2, 0.25) is 10.0 Å². The molecule has 1 unspecified atom stereocenters. The smallest absolute Gasteiger partial charge is 0.0823 e. The Morgan fingerprint density at radius 2 is 1.88 bits per heavy atom. The van der Waals surface area contributed by atoms with E-state index in [-0.39, 0.29) is 6.04 Å². The van der Waals surface area contributed by atoms with E-state index < -0.39 is 0 Å². The van der Waals surface area contributed by atoms with E-state index in [4.69, 9.17) is 28.9 Å². The molecule has 2 N–H and O–H groups in total. The summed E-state index contributed by atoms with van der Waals surface area (Å²) in [6, 6.07) is 5.41. The quantitative estimate of drug-likeness (QED) is 0.904. The fourth-order valence-electron chi connectivity index (χ4n) is 1.74. The molecule has 0 fully saturated rings. The lowest BCUT2D eigenvalue weighted by atomic mass is 10.1. The minimum Gasteiger partial charge on any atom is -0.396 e. The predicted octanol–water partition coefficient (Wildman–Crippen LogP) is 3.69. The number of nitrogen functional groups attached to an aromatic ring is 1. The number of hydrogen-bond donors (Lipinski definition) is 1. The van der Waals surface area contributed by atoms with E-state index in [1.165, 1.54) is 0 Å². The number of rotatable bonds is 2. The molecule has 2 rings (SSSR count). The van der Waals surface area contributed by atoms with Crippen molar-refractivity contribution >= 4 is 28.9 Å². The van der Waals surface area contributed by atoms with Crippen molar-refractivity contribution in [3.63, 3.8) is 0 Å². The molecule has 3 nitrogen and oxygen atoms in total. The molecule has 0 radical (unpaired) electrons. The molecule has 1 aromatic carbocycles. The van der Waals surface area contributed by atoms with Crippen molar-refractivity contribution in [2.75, 3.05) is 5.73 Å². The number of nitrogens with two attached hydrogens (primary N) is 1. The highest BCUT2D eigenvalue weighted by Gasteiger charge is 2.16. The topological polar surface area (TPSA) is 43.8 Å². The van der Waals surface area contributed by atoms with Crippen LogP contribution >= 0.6 is 23.2 Å². The highest BCUT2D eigenvalue weighted by atomic mass is 35.5. The van der Waals surface area contributed by atoms with Gasteiger partial charge in [0, 0.05) is 21.8 Å². The Balaban J connectivity index is 2.47. The number of nitrogens with zero attached hydrogens (tertiary/aromatic N) is 2. The van der Waals surface area contributed by atoms with Gasteiger partial charge in [-0.3, -0.25) is 4.68 Å². The Kier molecular flexibility index (Phi) is 3.31. The van der Waals surface area contributed by atoms with Crippen LogP contribution in [0.3, 0.4) is 0 Å². The Morgan fingerprint density at radius 1 is 1.29 bits per heavy atom. The Hall–Kier alpha value is -1.19. The van der Waals surface area contributed by atoms with Crippen molar-refractivity contribution in [2.24, 2.45) is 0 Å². The Morgan fingerprint density at radius 3 is 2.35 bits per heavy atom. The van der Waals surface area contributed by atoms with Crippen LogP contribution in [-0.2, 0) is 0 Å². The van der Waals surface area contributed by atoms with E-state index in [9.17, 15) is 0 Å². The molecule has 2 aromatic rings. The van der Waals surface area contributed by atoms with Crippen LogP contribution in [0.4, 0.5) is 5.69 Å². The zero-order valence-electron chi connectivity index (χ0n) is 9.61. The molecule has 0 amide bonds. The molecule has 0 aliphatic carbocycles. The summed E-state index contributed by atoms with van der Waals surface area (Å²) in [6.45, 7) is 3.85. The number of anilines is 1. The fourth-order valence-corrected chi connectivity index (χ4v) is 2.45. The molecule has 0 bridgehead atoms. The SMILES string of the molecule is Cc1nn(C(C)c2c(Cl)cccc2Cl)cc1N. The molecule has 90 valence electrons. The fraction of sp³-hybridized carbons (Fsp3) is 0.250. The molecular weight excluding hydrogens is 257 g/mol. The van der Waals surface area contributed by atoms with Crippen LogP contribution in [0, 0.1) is 6.92 Å². The van der Waals surface area contributed by atoms with Gasteiger partial charge in [-0.25, -0.2) is 0 Å². The summed E-state index contributed by atoms with van der Waals surface area (Å²) in [7, 11) is 0. The lowest BCUT2D eigenvalue weighted by molar-refractivity contribution is 0.561. The number of hydrogen-bond acceptors (Lipinski definition) is 2. The van der Waals surface area contributed by atoms with Gasteiger partial charge in [-0.05, 0) is 26.0 Å². The predicted molar refractivity (Wildman–Crippen MR) is 71.7 cm³/mol. The minimum absolute atomic E-state index is 0.0489. The van der Waals surface area contributed by atoms with Crippen LogP contribution in [0.25, 0.3) is 0 Å². The van der Waals surface area contributed by atoms with E-state index in [0.717, 1.165) is 11.3 Å². The third-order valence-electron chi connectivity index (χ3n) is 2.77. The van der Waals surface area contributed by atoms with Crippen LogP contribution in [0.15, 0.2) is 24.4 Å². The summed E-state index contributed by atoms with van der Waals surface area (Å²) in [4.78, 5) is 0. The molecule has 1 aromatic heterocycles. The first kappa shape index (κ1) is 12.3. The van der Waals surface area contributed by atoms with Crippen LogP contribution in [-0.4, -0.2) is 9.78 Å². The van der Waals surface area contributed by atoms with Crippen molar-refractivity contribution in [1.82, 2.24) is 9.78 Å². The Labute approximate surface area is 110 Å². The maximum atomic E-state index is 6.16. The average Bonchev–Trinajstić information content (AvgIpc) is 2.59. The van der Waals surface area contributed by atoms with Gasteiger partial charge in [0.25, 0.3) is 0 Å². The van der Waals surface area contributed by atoms with Gasteiger partial charge in [0.1, 0.15) is 0 Å². The van der Waals surface area contributed by atoms with Crippen molar-refractivity contribution < 1.29 is 0 Å². The third-order valence-corrected chi connectivity index (χ3v) is 3.43. The first-order valence-corrected chi connectivity index (χ1v) is 6.01. The summed E-state index contributed by atoms with van der Waals surface area (Å²) in [5, 5.41) is 5.61. The van der Waals surface area contributed by atoms with Crippen molar-refractivity contribution in [2.45, 2.75) is 19.9 Å². The van der Waals surface area contributed by atoms with Crippen molar-refractivity contribution in [1.29, 1.82) is 0 Å². The molecule has 0 aliphatic heterocycles. The molecule has 0 saturated heterocycles. The number of halogens is 2. The minimum atomic E-state index is -0.0489. The van der Waals surface area contributed by atoms with Gasteiger partial charge in [0.15, 0.2) is 0 Å². The summed E-state index contributed by atoms with van der Waals surface area (Å²) in [6.07, 6.45) is 1.79. The van der Waals surface area contributed by atoms with E-state index in [1.54, 1.807) is 10.9 Å². The normalized spacial score (nSPS) is 12.7. The molecule has 0 saturated carbocycles.